The highest BCUT2D eigenvalue weighted by Gasteiger charge is 2.02. The van der Waals surface area contributed by atoms with Gasteiger partial charge in [-0.15, -0.1) is 10.2 Å². The molecule has 0 spiro atoms. The lowest BCUT2D eigenvalue weighted by Crippen LogP contribution is -1.78. The first kappa shape index (κ1) is 12.6. The van der Waals surface area contributed by atoms with Crippen LogP contribution in [0.4, 0.5) is 11.4 Å². The zero-order chi connectivity index (χ0) is 13.0. The minimum atomic E-state index is 0.114. The smallest absolute Gasteiger partial charge is 0.143 e. The summed E-state index contributed by atoms with van der Waals surface area (Å²) in [6.45, 7) is 2.04. The maximum Gasteiger partial charge on any atom is 0.143 e. The van der Waals surface area contributed by atoms with E-state index in [-0.39, 0.29) is 5.75 Å². The number of nitrogens with zero attached hydrogens (tertiary/aromatic N) is 2. The Kier molecular flexibility index (Phi) is 3.95. The van der Waals surface area contributed by atoms with E-state index in [1.165, 1.54) is 0 Å². The number of hydrogen-bond donors (Lipinski definition) is 1. The van der Waals surface area contributed by atoms with Crippen molar-refractivity contribution in [1.82, 2.24) is 0 Å². The number of phenolic OH excluding ortho intramolecular Hbond substituents is 1. The summed E-state index contributed by atoms with van der Waals surface area (Å²) in [6.07, 6.45) is 0.884. The Balaban J connectivity index is 2.31. The summed E-state index contributed by atoms with van der Waals surface area (Å²) in [5.41, 5.74) is 2.13. The minimum absolute atomic E-state index is 0.114. The molecule has 0 saturated carbocycles. The van der Waals surface area contributed by atoms with Gasteiger partial charge in [-0.25, -0.2) is 0 Å². The standard InChI is InChI=1S/C14H13ClN2O/c1-2-10-7-8-14(18)13(9-10)17-16-12-6-4-3-5-11(12)15/h3-9,18H,2H2,1H3. The first-order chi connectivity index (χ1) is 8.70. The Hall–Kier alpha value is -1.87. The van der Waals surface area contributed by atoms with E-state index in [9.17, 15) is 5.11 Å². The molecule has 0 aromatic heterocycles. The van der Waals surface area contributed by atoms with Gasteiger partial charge in [0.1, 0.15) is 17.1 Å². The molecule has 2 aromatic rings. The third-order valence-corrected chi connectivity index (χ3v) is 2.89. The zero-order valence-corrected chi connectivity index (χ0v) is 10.7. The topological polar surface area (TPSA) is 45.0 Å². The van der Waals surface area contributed by atoms with Crippen LogP contribution in [0.25, 0.3) is 0 Å². The largest absolute Gasteiger partial charge is 0.506 e. The van der Waals surface area contributed by atoms with Crippen LogP contribution >= 0.6 is 11.6 Å². The molecule has 0 atom stereocenters. The fourth-order valence-corrected chi connectivity index (χ4v) is 1.68. The molecule has 0 unspecified atom stereocenters. The van der Waals surface area contributed by atoms with Crippen LogP contribution < -0.4 is 0 Å². The third kappa shape index (κ3) is 2.87. The van der Waals surface area contributed by atoms with E-state index in [0.29, 0.717) is 16.4 Å². The summed E-state index contributed by atoms with van der Waals surface area (Å²) in [7, 11) is 0. The van der Waals surface area contributed by atoms with Crippen molar-refractivity contribution in [3.05, 3.63) is 53.1 Å². The number of rotatable bonds is 3. The van der Waals surface area contributed by atoms with Gasteiger partial charge >= 0.3 is 0 Å². The molecule has 2 rings (SSSR count). The number of hydrogen-bond acceptors (Lipinski definition) is 3. The Morgan fingerprint density at radius 1 is 1.06 bits per heavy atom. The summed E-state index contributed by atoms with van der Waals surface area (Å²) in [5, 5.41) is 18.3. The van der Waals surface area contributed by atoms with Gasteiger partial charge in [-0.1, -0.05) is 36.7 Å². The van der Waals surface area contributed by atoms with Crippen molar-refractivity contribution in [2.45, 2.75) is 13.3 Å². The summed E-state index contributed by atoms with van der Waals surface area (Å²) >= 11 is 5.97. The average Bonchev–Trinajstić information content (AvgIpc) is 2.39. The van der Waals surface area contributed by atoms with E-state index in [4.69, 9.17) is 11.6 Å². The van der Waals surface area contributed by atoms with E-state index in [0.717, 1.165) is 12.0 Å². The maximum atomic E-state index is 9.69. The fourth-order valence-electron chi connectivity index (χ4n) is 1.51. The molecular weight excluding hydrogens is 248 g/mol. The van der Waals surface area contributed by atoms with Crippen molar-refractivity contribution in [1.29, 1.82) is 0 Å². The van der Waals surface area contributed by atoms with Gasteiger partial charge in [-0.2, -0.15) is 0 Å². The number of aromatic hydroxyl groups is 1. The second-order valence-corrected chi connectivity index (χ2v) is 4.24. The Bertz CT molecular complexity index is 582. The van der Waals surface area contributed by atoms with Crippen molar-refractivity contribution < 1.29 is 5.11 Å². The van der Waals surface area contributed by atoms with Gasteiger partial charge in [-0.05, 0) is 36.2 Å². The van der Waals surface area contributed by atoms with Crippen LogP contribution in [0.2, 0.25) is 5.02 Å². The van der Waals surface area contributed by atoms with E-state index < -0.39 is 0 Å². The molecule has 0 amide bonds. The van der Waals surface area contributed by atoms with Gasteiger partial charge in [-0.3, -0.25) is 0 Å². The fraction of sp³-hybridized carbons (Fsp3) is 0.143. The highest BCUT2D eigenvalue weighted by molar-refractivity contribution is 6.32. The quantitative estimate of drug-likeness (QED) is 0.774. The summed E-state index contributed by atoms with van der Waals surface area (Å²) < 4.78 is 0. The molecule has 0 aliphatic carbocycles. The Morgan fingerprint density at radius 3 is 2.50 bits per heavy atom. The Labute approximate surface area is 111 Å². The number of benzene rings is 2. The Morgan fingerprint density at radius 2 is 1.78 bits per heavy atom. The molecule has 0 aliphatic heterocycles. The van der Waals surface area contributed by atoms with Gasteiger partial charge < -0.3 is 5.11 Å². The lowest BCUT2D eigenvalue weighted by molar-refractivity contribution is 0.476. The minimum Gasteiger partial charge on any atom is -0.506 e. The van der Waals surface area contributed by atoms with Crippen molar-refractivity contribution >= 4 is 23.0 Å². The molecule has 0 saturated heterocycles. The lowest BCUT2D eigenvalue weighted by atomic mass is 10.1. The predicted octanol–water partition coefficient (Wildman–Crippen LogP) is 5.02. The summed E-state index contributed by atoms with van der Waals surface area (Å²) in [5.74, 6) is 0.114. The van der Waals surface area contributed by atoms with E-state index >= 15 is 0 Å². The molecule has 3 nitrogen and oxygen atoms in total. The molecule has 0 heterocycles. The third-order valence-electron chi connectivity index (χ3n) is 2.57. The van der Waals surface area contributed by atoms with Gasteiger partial charge in [0.25, 0.3) is 0 Å². The van der Waals surface area contributed by atoms with Crippen LogP contribution in [0.3, 0.4) is 0 Å². The SMILES string of the molecule is CCc1ccc(O)c(N=Nc2ccccc2Cl)c1. The van der Waals surface area contributed by atoms with Gasteiger partial charge in [0, 0.05) is 0 Å². The van der Waals surface area contributed by atoms with Crippen LogP contribution in [0.1, 0.15) is 12.5 Å². The first-order valence-corrected chi connectivity index (χ1v) is 6.06. The second kappa shape index (κ2) is 5.65. The summed E-state index contributed by atoms with van der Waals surface area (Å²) in [4.78, 5) is 0. The number of halogens is 1. The summed E-state index contributed by atoms with van der Waals surface area (Å²) in [6, 6.07) is 12.5. The molecule has 0 aliphatic rings. The van der Waals surface area contributed by atoms with Gasteiger partial charge in [0.15, 0.2) is 0 Å². The van der Waals surface area contributed by atoms with Crippen molar-refractivity contribution in [3.8, 4) is 5.75 Å². The van der Waals surface area contributed by atoms with E-state index in [2.05, 4.69) is 10.2 Å². The second-order valence-electron chi connectivity index (χ2n) is 3.83. The molecule has 4 heteroatoms. The number of azo groups is 1. The number of aryl methyl sites for hydroxylation is 1. The molecule has 0 radical (unpaired) electrons. The zero-order valence-electron chi connectivity index (χ0n) is 9.97. The van der Waals surface area contributed by atoms with Crippen molar-refractivity contribution in [3.63, 3.8) is 0 Å². The van der Waals surface area contributed by atoms with E-state index in [1.54, 1.807) is 18.2 Å². The van der Waals surface area contributed by atoms with Crippen LogP contribution in [0, 0.1) is 0 Å². The highest BCUT2D eigenvalue weighted by Crippen LogP contribution is 2.31. The molecule has 0 bridgehead atoms. The number of phenols is 1. The molecule has 18 heavy (non-hydrogen) atoms. The molecule has 1 N–H and O–H groups in total. The lowest BCUT2D eigenvalue weighted by Gasteiger charge is -2.01. The van der Waals surface area contributed by atoms with Gasteiger partial charge in [0.2, 0.25) is 0 Å². The molecule has 92 valence electrons. The maximum absolute atomic E-state index is 9.69. The van der Waals surface area contributed by atoms with Crippen LogP contribution in [0.15, 0.2) is 52.7 Å². The van der Waals surface area contributed by atoms with Crippen LogP contribution in [0.5, 0.6) is 5.75 Å². The van der Waals surface area contributed by atoms with Crippen LogP contribution in [-0.4, -0.2) is 5.11 Å². The van der Waals surface area contributed by atoms with Gasteiger partial charge in [0.05, 0.1) is 5.02 Å². The highest BCUT2D eigenvalue weighted by atomic mass is 35.5. The molecule has 0 fully saturated rings. The molecule has 2 aromatic carbocycles. The van der Waals surface area contributed by atoms with Crippen molar-refractivity contribution in [2.75, 3.05) is 0 Å². The molecular formula is C14H13ClN2O. The monoisotopic (exact) mass is 260 g/mol. The first-order valence-electron chi connectivity index (χ1n) is 5.69. The predicted molar refractivity (Wildman–Crippen MR) is 73.1 cm³/mol. The average molecular weight is 261 g/mol. The van der Waals surface area contributed by atoms with Crippen LogP contribution in [-0.2, 0) is 6.42 Å². The normalized spacial score (nSPS) is 11.0. The van der Waals surface area contributed by atoms with E-state index in [1.807, 2.05) is 31.2 Å². The van der Waals surface area contributed by atoms with Crippen molar-refractivity contribution in [2.24, 2.45) is 10.2 Å².